The normalized spacial score (nSPS) is 19.2. The first-order chi connectivity index (χ1) is 13.3. The molecule has 2 heteroatoms. The molecule has 0 bridgehead atoms. The van der Waals surface area contributed by atoms with Crippen LogP contribution in [0.25, 0.3) is 0 Å². The third-order valence-electron chi connectivity index (χ3n) is 6.82. The van der Waals surface area contributed by atoms with E-state index in [1.165, 1.54) is 11.1 Å². The Bertz CT molecular complexity index is 900. The summed E-state index contributed by atoms with van der Waals surface area (Å²) in [5.41, 5.74) is 7.75. The van der Waals surface area contributed by atoms with Crippen molar-refractivity contribution in [2.75, 3.05) is 0 Å². The van der Waals surface area contributed by atoms with Crippen molar-refractivity contribution >= 4 is 16.3 Å². The molecule has 3 rings (SSSR count). The predicted molar refractivity (Wildman–Crippen MR) is 123 cm³/mol. The molecule has 1 aliphatic rings. The van der Waals surface area contributed by atoms with E-state index < -0.39 is 5.94 Å². The zero-order valence-corrected chi connectivity index (χ0v) is 21.2. The molecule has 0 saturated carbocycles. The van der Waals surface area contributed by atoms with Crippen LogP contribution in [-0.4, -0.2) is 5.94 Å². The summed E-state index contributed by atoms with van der Waals surface area (Å²) in [4.78, 5) is 0. The van der Waals surface area contributed by atoms with Gasteiger partial charge >= 0.3 is 182 Å². The van der Waals surface area contributed by atoms with Gasteiger partial charge in [0.1, 0.15) is 0 Å². The molecule has 1 aliphatic carbocycles. The zero-order valence-electron chi connectivity index (χ0n) is 18.6. The SMILES string of the molecule is CCc1cc(CC)cc([Si](C)([Ti][C]2=C(C)C(C)=C(C)C2C)c2ccccc2)c1. The molecule has 2 atom stereocenters. The molecule has 0 N–H and O–H groups in total. The maximum absolute atomic E-state index is 2.65. The van der Waals surface area contributed by atoms with Crippen LogP contribution < -0.4 is 10.4 Å². The van der Waals surface area contributed by atoms with E-state index in [1.807, 2.05) is 0 Å². The molecule has 28 heavy (non-hydrogen) atoms. The summed E-state index contributed by atoms with van der Waals surface area (Å²) in [5.74, 6) is -1.13. The monoisotopic (exact) mass is 422 g/mol. The molecule has 2 unspecified atom stereocenters. The fourth-order valence-electron chi connectivity index (χ4n) is 4.38. The summed E-state index contributed by atoms with van der Waals surface area (Å²) in [6, 6.07) is 19.0. The Hall–Kier alpha value is -1.15. The Balaban J connectivity index is 2.16. The molecule has 2 aromatic rings. The first kappa shape index (κ1) is 21.6. The molecule has 0 aromatic heterocycles. The topological polar surface area (TPSA) is 0 Å². The van der Waals surface area contributed by atoms with Gasteiger partial charge in [-0.1, -0.05) is 0 Å². The second kappa shape index (κ2) is 8.69. The second-order valence-corrected chi connectivity index (χ2v) is 18.8. The summed E-state index contributed by atoms with van der Waals surface area (Å²) in [6.07, 6.45) is 2.25. The van der Waals surface area contributed by atoms with Gasteiger partial charge in [0, 0.05) is 0 Å². The molecule has 0 nitrogen and oxygen atoms in total. The Labute approximate surface area is 181 Å². The average molecular weight is 423 g/mol. The number of aryl methyl sites for hydroxylation is 2. The van der Waals surface area contributed by atoms with Gasteiger partial charge in [0.05, 0.1) is 0 Å². The zero-order chi connectivity index (χ0) is 20.5. The van der Waals surface area contributed by atoms with Crippen LogP contribution in [0.4, 0.5) is 0 Å². The van der Waals surface area contributed by atoms with Crippen LogP contribution in [0.3, 0.4) is 0 Å². The van der Waals surface area contributed by atoms with Gasteiger partial charge in [0.2, 0.25) is 0 Å². The Kier molecular flexibility index (Phi) is 6.69. The quantitative estimate of drug-likeness (QED) is 0.513. The van der Waals surface area contributed by atoms with Gasteiger partial charge in [-0.05, 0) is 0 Å². The van der Waals surface area contributed by atoms with Gasteiger partial charge in [-0.3, -0.25) is 0 Å². The second-order valence-electron chi connectivity index (χ2n) is 8.43. The van der Waals surface area contributed by atoms with Crippen LogP contribution in [0, 0.1) is 5.92 Å². The summed E-state index contributed by atoms with van der Waals surface area (Å²) in [7, 11) is 0. The molecule has 0 spiro atoms. The van der Waals surface area contributed by atoms with Crippen LogP contribution in [0.15, 0.2) is 69.1 Å². The molecule has 0 heterocycles. The number of allylic oxidation sites excluding steroid dienone is 4. The van der Waals surface area contributed by atoms with Gasteiger partial charge < -0.3 is 0 Å². The minimum absolute atomic E-state index is 0.256. The molecular weight excluding hydrogens is 388 g/mol. The van der Waals surface area contributed by atoms with Crippen LogP contribution in [0.5, 0.6) is 0 Å². The molecule has 2 aromatic carbocycles. The fourth-order valence-corrected chi connectivity index (χ4v) is 15.6. The van der Waals surface area contributed by atoms with Gasteiger partial charge in [-0.2, -0.15) is 0 Å². The van der Waals surface area contributed by atoms with Crippen molar-refractivity contribution in [1.29, 1.82) is 0 Å². The maximum atomic E-state index is 2.65. The van der Waals surface area contributed by atoms with Crippen molar-refractivity contribution in [2.45, 2.75) is 60.9 Å². The van der Waals surface area contributed by atoms with Crippen LogP contribution in [0.1, 0.15) is 52.7 Å². The summed E-state index contributed by atoms with van der Waals surface area (Å²) < 4.78 is 1.80. The summed E-state index contributed by atoms with van der Waals surface area (Å²) in [6.45, 7) is 16.7. The summed E-state index contributed by atoms with van der Waals surface area (Å²) in [5, 5.41) is 3.27. The van der Waals surface area contributed by atoms with E-state index in [9.17, 15) is 0 Å². The number of hydrogen-bond acceptors (Lipinski definition) is 0. The van der Waals surface area contributed by atoms with E-state index in [4.69, 9.17) is 0 Å². The first-order valence-corrected chi connectivity index (χ1v) is 16.3. The molecule has 0 amide bonds. The average Bonchev–Trinajstić information content (AvgIpc) is 2.91. The minimum atomic E-state index is -1.76. The molecule has 146 valence electrons. The number of rotatable bonds is 6. The third-order valence-corrected chi connectivity index (χ3v) is 18.1. The van der Waals surface area contributed by atoms with E-state index in [2.05, 4.69) is 96.6 Å². The Morgan fingerprint density at radius 1 is 0.821 bits per heavy atom. The molecule has 0 fully saturated rings. The predicted octanol–water partition coefficient (Wildman–Crippen LogP) is 5.84. The van der Waals surface area contributed by atoms with Crippen molar-refractivity contribution in [3.63, 3.8) is 0 Å². The first-order valence-electron chi connectivity index (χ1n) is 10.7. The van der Waals surface area contributed by atoms with E-state index in [-0.39, 0.29) is 18.4 Å². The molecule has 0 radical (unpaired) electrons. The number of benzene rings is 2. The standard InChI is InChI=1S/C17H21Si.C9H13.Ti/c1-4-14-11-15(5-2)13-17(12-14)18(3)16-9-7-6-8-10-16;1-6-5-7(2)9(4)8(6)3;/h6-13H,4-5H2,1-3H3;6H,1-4H3;. The van der Waals surface area contributed by atoms with Crippen molar-refractivity contribution < 1.29 is 18.4 Å². The Morgan fingerprint density at radius 2 is 1.39 bits per heavy atom. The fraction of sp³-hybridized carbons (Fsp3) is 0.385. The van der Waals surface area contributed by atoms with Crippen molar-refractivity contribution in [2.24, 2.45) is 5.92 Å². The van der Waals surface area contributed by atoms with Crippen LogP contribution in [0.2, 0.25) is 6.55 Å². The summed E-state index contributed by atoms with van der Waals surface area (Å²) >= 11 is -0.256. The van der Waals surface area contributed by atoms with Crippen molar-refractivity contribution in [1.82, 2.24) is 0 Å². The van der Waals surface area contributed by atoms with Crippen LogP contribution in [-0.2, 0) is 31.2 Å². The molecule has 0 saturated heterocycles. The van der Waals surface area contributed by atoms with Gasteiger partial charge in [-0.25, -0.2) is 0 Å². The van der Waals surface area contributed by atoms with Crippen LogP contribution >= 0.6 is 0 Å². The van der Waals surface area contributed by atoms with Gasteiger partial charge in [0.15, 0.2) is 0 Å². The molecular formula is C26H34SiTi. The van der Waals surface area contributed by atoms with E-state index in [0.717, 1.165) is 12.8 Å². The van der Waals surface area contributed by atoms with Gasteiger partial charge in [0.25, 0.3) is 0 Å². The van der Waals surface area contributed by atoms with Crippen molar-refractivity contribution in [3.05, 3.63) is 80.3 Å². The molecule has 0 aliphatic heterocycles. The van der Waals surface area contributed by atoms with Gasteiger partial charge in [-0.15, -0.1) is 0 Å². The number of hydrogen-bond donors (Lipinski definition) is 0. The Morgan fingerprint density at radius 3 is 1.86 bits per heavy atom. The van der Waals surface area contributed by atoms with E-state index in [0.29, 0.717) is 5.92 Å². The third kappa shape index (κ3) is 3.95. The van der Waals surface area contributed by atoms with E-state index in [1.54, 1.807) is 31.0 Å². The van der Waals surface area contributed by atoms with Crippen molar-refractivity contribution in [3.8, 4) is 0 Å². The van der Waals surface area contributed by atoms with E-state index >= 15 is 0 Å².